The van der Waals surface area contributed by atoms with Gasteiger partial charge in [-0.15, -0.1) is 0 Å². The molecule has 1 N–H and O–H groups in total. The van der Waals surface area contributed by atoms with Gasteiger partial charge in [0.2, 0.25) is 0 Å². The fourth-order valence-corrected chi connectivity index (χ4v) is 2.70. The first-order valence-corrected chi connectivity index (χ1v) is 6.44. The lowest BCUT2D eigenvalue weighted by Crippen LogP contribution is -2.33. The number of carbonyl (C=O) groups excluding carboxylic acids is 1. The van der Waals surface area contributed by atoms with Gasteiger partial charge in [0.1, 0.15) is 5.82 Å². The average molecular weight is 249 g/mol. The van der Waals surface area contributed by atoms with Gasteiger partial charge in [-0.1, -0.05) is 13.8 Å². The zero-order chi connectivity index (χ0) is 13.3. The highest BCUT2D eigenvalue weighted by Crippen LogP contribution is 2.37. The van der Waals surface area contributed by atoms with Gasteiger partial charge in [-0.25, -0.2) is 4.39 Å². The molecule has 0 saturated heterocycles. The minimum Gasteiger partial charge on any atom is -0.349 e. The van der Waals surface area contributed by atoms with Crippen molar-refractivity contribution in [2.24, 2.45) is 5.41 Å². The third-order valence-electron chi connectivity index (χ3n) is 3.74. The number of aryl methyl sites for hydroxylation is 1. The van der Waals surface area contributed by atoms with E-state index < -0.39 is 0 Å². The Hall–Kier alpha value is -1.38. The largest absolute Gasteiger partial charge is 0.349 e. The van der Waals surface area contributed by atoms with E-state index in [0.29, 0.717) is 16.5 Å². The molecule has 1 fully saturated rings. The first-order chi connectivity index (χ1) is 8.37. The van der Waals surface area contributed by atoms with Gasteiger partial charge in [0, 0.05) is 11.6 Å². The van der Waals surface area contributed by atoms with Gasteiger partial charge >= 0.3 is 0 Å². The Labute approximate surface area is 108 Å². The minimum absolute atomic E-state index is 0.0878. The van der Waals surface area contributed by atoms with E-state index in [1.54, 1.807) is 13.0 Å². The number of rotatable bonds is 2. The number of hydrogen-bond donors (Lipinski definition) is 1. The molecule has 0 aromatic heterocycles. The normalized spacial score (nSPS) is 21.9. The molecule has 1 aliphatic rings. The molecule has 1 aromatic rings. The quantitative estimate of drug-likeness (QED) is 0.854. The van der Waals surface area contributed by atoms with E-state index in [2.05, 4.69) is 19.2 Å². The first kappa shape index (κ1) is 13.1. The predicted molar refractivity (Wildman–Crippen MR) is 70.0 cm³/mol. The second-order valence-corrected chi connectivity index (χ2v) is 6.04. The van der Waals surface area contributed by atoms with Crippen molar-refractivity contribution in [3.8, 4) is 0 Å². The molecule has 1 aromatic carbocycles. The lowest BCUT2D eigenvalue weighted by Gasteiger charge is -2.18. The molecular formula is C15H20FNO. The topological polar surface area (TPSA) is 29.1 Å². The van der Waals surface area contributed by atoms with E-state index in [0.717, 1.165) is 19.3 Å². The molecule has 0 aliphatic heterocycles. The summed E-state index contributed by atoms with van der Waals surface area (Å²) in [5, 5.41) is 3.05. The molecular weight excluding hydrogens is 229 g/mol. The first-order valence-electron chi connectivity index (χ1n) is 6.44. The van der Waals surface area contributed by atoms with Crippen LogP contribution in [0.3, 0.4) is 0 Å². The summed E-state index contributed by atoms with van der Waals surface area (Å²) >= 11 is 0. The standard InChI is InChI=1S/C15H20FNO/c1-10-8-11(16)4-5-13(10)14(18)17-12-6-7-15(2,3)9-12/h4-5,8,12H,6-7,9H2,1-3H3,(H,17,18). The van der Waals surface area contributed by atoms with Crippen molar-refractivity contribution in [3.05, 3.63) is 35.1 Å². The number of nitrogens with one attached hydrogen (secondary N) is 1. The van der Waals surface area contributed by atoms with Crippen LogP contribution in [0, 0.1) is 18.2 Å². The van der Waals surface area contributed by atoms with Crippen LogP contribution in [-0.2, 0) is 0 Å². The highest BCUT2D eigenvalue weighted by Gasteiger charge is 2.31. The monoisotopic (exact) mass is 249 g/mol. The second-order valence-electron chi connectivity index (χ2n) is 6.04. The Morgan fingerprint density at radius 2 is 2.17 bits per heavy atom. The molecule has 3 heteroatoms. The van der Waals surface area contributed by atoms with Crippen LogP contribution >= 0.6 is 0 Å². The van der Waals surface area contributed by atoms with Crippen molar-refractivity contribution in [2.75, 3.05) is 0 Å². The third kappa shape index (κ3) is 2.89. The summed E-state index contributed by atoms with van der Waals surface area (Å²) in [5.74, 6) is -0.388. The molecule has 1 saturated carbocycles. The smallest absolute Gasteiger partial charge is 0.251 e. The molecule has 2 nitrogen and oxygen atoms in total. The van der Waals surface area contributed by atoms with Crippen molar-refractivity contribution in [2.45, 2.75) is 46.1 Å². The van der Waals surface area contributed by atoms with Crippen LogP contribution in [0.15, 0.2) is 18.2 Å². The number of halogens is 1. The van der Waals surface area contributed by atoms with E-state index in [-0.39, 0.29) is 17.8 Å². The molecule has 0 bridgehead atoms. The highest BCUT2D eigenvalue weighted by molar-refractivity contribution is 5.95. The van der Waals surface area contributed by atoms with E-state index >= 15 is 0 Å². The van der Waals surface area contributed by atoms with Crippen LogP contribution < -0.4 is 5.32 Å². The summed E-state index contributed by atoms with van der Waals surface area (Å²) in [6, 6.07) is 4.53. The second kappa shape index (κ2) is 4.71. The van der Waals surface area contributed by atoms with Gasteiger partial charge < -0.3 is 5.32 Å². The number of hydrogen-bond acceptors (Lipinski definition) is 1. The van der Waals surface area contributed by atoms with E-state index in [1.807, 2.05) is 0 Å². The summed E-state index contributed by atoms with van der Waals surface area (Å²) in [6.45, 7) is 6.21. The van der Waals surface area contributed by atoms with Crippen LogP contribution in [0.1, 0.15) is 49.0 Å². The maximum Gasteiger partial charge on any atom is 0.251 e. The van der Waals surface area contributed by atoms with Crippen molar-refractivity contribution in [1.29, 1.82) is 0 Å². The van der Waals surface area contributed by atoms with Crippen molar-refractivity contribution in [1.82, 2.24) is 5.32 Å². The molecule has 1 atom stereocenters. The van der Waals surface area contributed by atoms with Gasteiger partial charge in [0.15, 0.2) is 0 Å². The van der Waals surface area contributed by atoms with Crippen LogP contribution in [-0.4, -0.2) is 11.9 Å². The zero-order valence-corrected chi connectivity index (χ0v) is 11.2. The zero-order valence-electron chi connectivity index (χ0n) is 11.2. The number of amides is 1. The van der Waals surface area contributed by atoms with E-state index in [1.165, 1.54) is 12.1 Å². The van der Waals surface area contributed by atoms with Crippen LogP contribution in [0.4, 0.5) is 4.39 Å². The Morgan fingerprint density at radius 1 is 1.44 bits per heavy atom. The van der Waals surface area contributed by atoms with Crippen molar-refractivity contribution >= 4 is 5.91 Å². The number of benzene rings is 1. The maximum absolute atomic E-state index is 13.0. The molecule has 2 rings (SSSR count). The van der Waals surface area contributed by atoms with Crippen LogP contribution in [0.5, 0.6) is 0 Å². The van der Waals surface area contributed by atoms with Crippen LogP contribution in [0.2, 0.25) is 0 Å². The fraction of sp³-hybridized carbons (Fsp3) is 0.533. The molecule has 98 valence electrons. The maximum atomic E-state index is 13.0. The summed E-state index contributed by atoms with van der Waals surface area (Å²) in [6.07, 6.45) is 3.18. The lowest BCUT2D eigenvalue weighted by molar-refractivity contribution is 0.0935. The Bertz CT molecular complexity index is 468. The number of carbonyl (C=O) groups is 1. The van der Waals surface area contributed by atoms with E-state index in [4.69, 9.17) is 0 Å². The van der Waals surface area contributed by atoms with Crippen molar-refractivity contribution < 1.29 is 9.18 Å². The third-order valence-corrected chi connectivity index (χ3v) is 3.74. The van der Waals surface area contributed by atoms with Gasteiger partial charge in [0.05, 0.1) is 0 Å². The average Bonchev–Trinajstić information content (AvgIpc) is 2.57. The molecule has 18 heavy (non-hydrogen) atoms. The lowest BCUT2D eigenvalue weighted by atomic mass is 9.92. The molecule has 1 unspecified atom stereocenters. The van der Waals surface area contributed by atoms with Gasteiger partial charge in [-0.05, 0) is 55.4 Å². The molecule has 0 spiro atoms. The summed E-state index contributed by atoms with van der Waals surface area (Å²) in [4.78, 5) is 12.1. The molecule has 1 aliphatic carbocycles. The Morgan fingerprint density at radius 3 is 2.72 bits per heavy atom. The summed E-state index contributed by atoms with van der Waals surface area (Å²) < 4.78 is 13.0. The van der Waals surface area contributed by atoms with E-state index in [9.17, 15) is 9.18 Å². The van der Waals surface area contributed by atoms with Gasteiger partial charge in [-0.3, -0.25) is 4.79 Å². The summed E-state index contributed by atoms with van der Waals surface area (Å²) in [5.41, 5.74) is 1.57. The van der Waals surface area contributed by atoms with Crippen LogP contribution in [0.25, 0.3) is 0 Å². The Balaban J connectivity index is 2.04. The van der Waals surface area contributed by atoms with Gasteiger partial charge in [-0.2, -0.15) is 0 Å². The highest BCUT2D eigenvalue weighted by atomic mass is 19.1. The molecule has 1 amide bonds. The summed E-state index contributed by atoms with van der Waals surface area (Å²) in [7, 11) is 0. The molecule has 0 heterocycles. The fourth-order valence-electron chi connectivity index (χ4n) is 2.70. The van der Waals surface area contributed by atoms with Gasteiger partial charge in [0.25, 0.3) is 5.91 Å². The SMILES string of the molecule is Cc1cc(F)ccc1C(=O)NC1CCC(C)(C)C1. The van der Waals surface area contributed by atoms with Crippen molar-refractivity contribution in [3.63, 3.8) is 0 Å². The Kier molecular flexibility index (Phi) is 3.42. The predicted octanol–water partition coefficient (Wildman–Crippen LogP) is 3.44. The minimum atomic E-state index is -0.300. The molecule has 0 radical (unpaired) electrons.